The van der Waals surface area contributed by atoms with Crippen LogP contribution in [0.2, 0.25) is 0 Å². The smallest absolute Gasteiger partial charge is 0.254 e. The van der Waals surface area contributed by atoms with E-state index in [0.29, 0.717) is 61.7 Å². The molecule has 1 N–H and O–H groups in total. The normalized spacial score (nSPS) is 18.1. The summed E-state index contributed by atoms with van der Waals surface area (Å²) in [6.07, 6.45) is 3.17. The number of aryl methyl sites for hydroxylation is 1. The van der Waals surface area contributed by atoms with Gasteiger partial charge in [-0.25, -0.2) is 4.98 Å². The van der Waals surface area contributed by atoms with Crippen LogP contribution in [0.3, 0.4) is 0 Å². The number of aromatic nitrogens is 1. The fraction of sp³-hybridized carbons (Fsp3) is 0.559. The Bertz CT molecular complexity index is 1430. The van der Waals surface area contributed by atoms with E-state index in [9.17, 15) is 9.59 Å². The Kier molecular flexibility index (Phi) is 10.4. The van der Waals surface area contributed by atoms with Crippen LogP contribution in [-0.4, -0.2) is 92.3 Å². The maximum atomic E-state index is 13.9. The number of hydrogen-bond acceptors (Lipinski definition) is 8. The van der Waals surface area contributed by atoms with Gasteiger partial charge >= 0.3 is 0 Å². The van der Waals surface area contributed by atoms with Gasteiger partial charge in [0.05, 0.1) is 20.1 Å². The van der Waals surface area contributed by atoms with Crippen LogP contribution < -0.4 is 14.8 Å². The standard InChI is InChI=1S/C34H46N4O6/c1-22(2)37(34(40)25-8-12-31(42-5)32(17-25)43-14-6-13-41-4)20-26-18-35-19-27(26)21-38(28-9-10-28)33(39)16-24-7-11-30-29(15-24)36-23(3)44-30/h7-8,11-12,15,17,22,26-28,35H,6,9-10,13-14,16,18-21H2,1-5H3/t26-,27-/m0/s1. The number of rotatable bonds is 15. The minimum atomic E-state index is -0.0383. The second-order valence-corrected chi connectivity index (χ2v) is 12.3. The van der Waals surface area contributed by atoms with Crippen molar-refractivity contribution in [1.82, 2.24) is 20.1 Å². The van der Waals surface area contributed by atoms with Crippen molar-refractivity contribution in [3.63, 3.8) is 0 Å². The Hall–Kier alpha value is -3.63. The fourth-order valence-corrected chi connectivity index (χ4v) is 6.04. The maximum Gasteiger partial charge on any atom is 0.254 e. The number of oxazole rings is 1. The van der Waals surface area contributed by atoms with Gasteiger partial charge in [0, 0.05) is 70.9 Å². The monoisotopic (exact) mass is 606 g/mol. The average Bonchev–Trinajstić information content (AvgIpc) is 3.64. The number of carbonyl (C=O) groups is 2. The van der Waals surface area contributed by atoms with Crippen LogP contribution in [0, 0.1) is 18.8 Å². The highest BCUT2D eigenvalue weighted by Crippen LogP contribution is 2.32. The van der Waals surface area contributed by atoms with Gasteiger partial charge in [0.25, 0.3) is 5.91 Å². The third-order valence-corrected chi connectivity index (χ3v) is 8.61. The molecule has 238 valence electrons. The number of nitrogens with one attached hydrogen (secondary N) is 1. The van der Waals surface area contributed by atoms with E-state index in [-0.39, 0.29) is 29.7 Å². The van der Waals surface area contributed by atoms with Crippen molar-refractivity contribution in [2.45, 2.75) is 58.5 Å². The summed E-state index contributed by atoms with van der Waals surface area (Å²) in [5.74, 6) is 2.36. The van der Waals surface area contributed by atoms with Crippen molar-refractivity contribution < 1.29 is 28.2 Å². The van der Waals surface area contributed by atoms with Crippen LogP contribution in [0.4, 0.5) is 0 Å². The molecular formula is C34H46N4O6. The molecule has 1 saturated heterocycles. The molecule has 1 aliphatic carbocycles. The highest BCUT2D eigenvalue weighted by Gasteiger charge is 2.38. The summed E-state index contributed by atoms with van der Waals surface area (Å²) >= 11 is 0. The zero-order chi connectivity index (χ0) is 31.2. The second kappa shape index (κ2) is 14.4. The Morgan fingerprint density at radius 1 is 1.02 bits per heavy atom. The number of fused-ring (bicyclic) bond motifs is 1. The van der Waals surface area contributed by atoms with Crippen molar-refractivity contribution in [2.24, 2.45) is 11.8 Å². The molecule has 1 aromatic heterocycles. The molecule has 2 aromatic carbocycles. The minimum Gasteiger partial charge on any atom is -0.493 e. The SMILES string of the molecule is COCCCOc1cc(C(=O)N(C[C@@H]2CNC[C@H]2CN(C(=O)Cc2ccc3oc(C)nc3c2)C2CC2)C(C)C)ccc1OC. The first kappa shape index (κ1) is 31.8. The molecule has 2 amide bonds. The summed E-state index contributed by atoms with van der Waals surface area (Å²) in [7, 11) is 3.26. The largest absolute Gasteiger partial charge is 0.493 e. The van der Waals surface area contributed by atoms with E-state index in [1.165, 1.54) is 0 Å². The first-order valence-corrected chi connectivity index (χ1v) is 15.7. The molecule has 2 atom stereocenters. The number of ether oxygens (including phenoxy) is 3. The summed E-state index contributed by atoms with van der Waals surface area (Å²) < 4.78 is 22.1. The fourth-order valence-electron chi connectivity index (χ4n) is 6.04. The second-order valence-electron chi connectivity index (χ2n) is 12.3. The number of carbonyl (C=O) groups excluding carboxylic acids is 2. The molecule has 0 bridgehead atoms. The number of benzene rings is 2. The molecule has 0 spiro atoms. The van der Waals surface area contributed by atoms with Crippen molar-refractivity contribution in [3.05, 3.63) is 53.4 Å². The molecule has 2 aliphatic rings. The van der Waals surface area contributed by atoms with E-state index in [4.69, 9.17) is 18.6 Å². The molecule has 2 heterocycles. The lowest BCUT2D eigenvalue weighted by Crippen LogP contribution is -2.45. The van der Waals surface area contributed by atoms with Gasteiger partial charge in [0.15, 0.2) is 23.0 Å². The van der Waals surface area contributed by atoms with Gasteiger partial charge in [-0.1, -0.05) is 6.07 Å². The molecule has 2 fully saturated rings. The summed E-state index contributed by atoms with van der Waals surface area (Å²) in [6, 6.07) is 11.5. The number of nitrogens with zero attached hydrogens (tertiary/aromatic N) is 3. The molecule has 5 rings (SSSR count). The van der Waals surface area contributed by atoms with Gasteiger partial charge in [0.2, 0.25) is 5.91 Å². The summed E-state index contributed by atoms with van der Waals surface area (Å²) in [5, 5.41) is 3.54. The zero-order valence-corrected chi connectivity index (χ0v) is 26.6. The van der Waals surface area contributed by atoms with Crippen LogP contribution in [-0.2, 0) is 16.0 Å². The third kappa shape index (κ3) is 7.71. The third-order valence-electron chi connectivity index (χ3n) is 8.61. The lowest BCUT2D eigenvalue weighted by atomic mass is 9.93. The van der Waals surface area contributed by atoms with Gasteiger partial charge < -0.3 is 33.7 Å². The summed E-state index contributed by atoms with van der Waals surface area (Å²) in [4.78, 5) is 35.9. The summed E-state index contributed by atoms with van der Waals surface area (Å²) in [6.45, 7) is 9.93. The van der Waals surface area contributed by atoms with Crippen molar-refractivity contribution in [3.8, 4) is 11.5 Å². The van der Waals surface area contributed by atoms with E-state index in [1.54, 1.807) is 32.4 Å². The maximum absolute atomic E-state index is 13.9. The lowest BCUT2D eigenvalue weighted by Gasteiger charge is -2.34. The van der Waals surface area contributed by atoms with Crippen molar-refractivity contribution >= 4 is 22.9 Å². The molecule has 0 unspecified atom stereocenters. The van der Waals surface area contributed by atoms with Gasteiger partial charge in [-0.3, -0.25) is 9.59 Å². The number of amides is 2. The summed E-state index contributed by atoms with van der Waals surface area (Å²) in [5.41, 5.74) is 3.03. The van der Waals surface area contributed by atoms with Crippen LogP contribution in [0.1, 0.15) is 54.9 Å². The van der Waals surface area contributed by atoms with Crippen molar-refractivity contribution in [1.29, 1.82) is 0 Å². The highest BCUT2D eigenvalue weighted by molar-refractivity contribution is 5.95. The Morgan fingerprint density at radius 2 is 1.80 bits per heavy atom. The quantitative estimate of drug-likeness (QED) is 0.253. The molecule has 3 aromatic rings. The van der Waals surface area contributed by atoms with E-state index < -0.39 is 0 Å². The topological polar surface area (TPSA) is 106 Å². The Morgan fingerprint density at radius 3 is 2.50 bits per heavy atom. The predicted molar refractivity (Wildman–Crippen MR) is 168 cm³/mol. The number of methoxy groups -OCH3 is 2. The van der Waals surface area contributed by atoms with Gasteiger partial charge in [-0.05, 0) is 74.4 Å². The highest BCUT2D eigenvalue weighted by atomic mass is 16.5. The predicted octanol–water partition coefficient (Wildman–Crippen LogP) is 4.48. The van der Waals surface area contributed by atoms with Crippen LogP contribution >= 0.6 is 0 Å². The molecule has 10 nitrogen and oxygen atoms in total. The molecule has 44 heavy (non-hydrogen) atoms. The Balaban J connectivity index is 1.25. The van der Waals surface area contributed by atoms with Gasteiger partial charge in [-0.15, -0.1) is 0 Å². The molecule has 0 radical (unpaired) electrons. The van der Waals surface area contributed by atoms with Crippen molar-refractivity contribution in [2.75, 3.05) is 53.6 Å². The molecule has 1 saturated carbocycles. The Labute approximate surface area is 260 Å². The van der Waals surface area contributed by atoms with Gasteiger partial charge in [-0.2, -0.15) is 0 Å². The zero-order valence-electron chi connectivity index (χ0n) is 26.6. The first-order chi connectivity index (χ1) is 21.3. The van der Waals surface area contributed by atoms with Crippen LogP contribution in [0.25, 0.3) is 11.1 Å². The van der Waals surface area contributed by atoms with E-state index in [1.807, 2.05) is 43.9 Å². The van der Waals surface area contributed by atoms with E-state index in [0.717, 1.165) is 49.0 Å². The first-order valence-electron chi connectivity index (χ1n) is 15.7. The molecular weight excluding hydrogens is 560 g/mol. The molecule has 1 aliphatic heterocycles. The average molecular weight is 607 g/mol. The number of hydrogen-bond donors (Lipinski definition) is 1. The van der Waals surface area contributed by atoms with Crippen LogP contribution in [0.15, 0.2) is 40.8 Å². The minimum absolute atomic E-state index is 0.00757. The lowest BCUT2D eigenvalue weighted by molar-refractivity contribution is -0.131. The molecule has 10 heteroatoms. The van der Waals surface area contributed by atoms with Crippen LogP contribution in [0.5, 0.6) is 11.5 Å². The van der Waals surface area contributed by atoms with E-state index >= 15 is 0 Å². The van der Waals surface area contributed by atoms with Gasteiger partial charge in [0.1, 0.15) is 5.52 Å². The van der Waals surface area contributed by atoms with E-state index in [2.05, 4.69) is 15.2 Å².